The Bertz CT molecular complexity index is 734. The lowest BCUT2D eigenvalue weighted by molar-refractivity contribution is 0.0977. The number of anilines is 1. The van der Waals surface area contributed by atoms with Crippen molar-refractivity contribution < 1.29 is 9.53 Å². The first-order valence-corrected chi connectivity index (χ1v) is 8.33. The highest BCUT2D eigenvalue weighted by atomic mass is 35.5. The number of halogens is 1. The molecule has 2 aromatic carbocycles. The molecule has 2 rings (SSSR count). The molecule has 0 aliphatic rings. The SMILES string of the molecule is CC(C)COc1cccc(NC(=S)NC(=O)c2cccc(Cl)c2)c1. The number of ether oxygens (including phenoxy) is 1. The Balaban J connectivity index is 1.94. The van der Waals surface area contributed by atoms with Crippen molar-refractivity contribution >= 4 is 40.5 Å². The van der Waals surface area contributed by atoms with Crippen LogP contribution < -0.4 is 15.4 Å². The smallest absolute Gasteiger partial charge is 0.257 e. The van der Waals surface area contributed by atoms with Gasteiger partial charge in [0.1, 0.15) is 5.75 Å². The summed E-state index contributed by atoms with van der Waals surface area (Å²) in [6, 6.07) is 14.1. The van der Waals surface area contributed by atoms with Crippen molar-refractivity contribution in [3.63, 3.8) is 0 Å². The average Bonchev–Trinajstić information content (AvgIpc) is 2.53. The molecule has 24 heavy (non-hydrogen) atoms. The van der Waals surface area contributed by atoms with E-state index in [0.29, 0.717) is 23.1 Å². The zero-order chi connectivity index (χ0) is 17.5. The molecule has 0 heterocycles. The Morgan fingerprint density at radius 3 is 2.67 bits per heavy atom. The van der Waals surface area contributed by atoms with Crippen molar-refractivity contribution in [2.75, 3.05) is 11.9 Å². The second-order valence-electron chi connectivity index (χ2n) is 5.65. The Hall–Kier alpha value is -2.11. The molecule has 0 aromatic heterocycles. The summed E-state index contributed by atoms with van der Waals surface area (Å²) >= 11 is 11.1. The molecule has 6 heteroatoms. The quantitative estimate of drug-likeness (QED) is 0.769. The van der Waals surface area contributed by atoms with Gasteiger partial charge in [0, 0.05) is 22.3 Å². The third-order valence-corrected chi connectivity index (χ3v) is 3.43. The Labute approximate surface area is 152 Å². The summed E-state index contributed by atoms with van der Waals surface area (Å²) in [5, 5.41) is 6.30. The molecule has 0 aliphatic heterocycles. The van der Waals surface area contributed by atoms with Crippen LogP contribution in [0.3, 0.4) is 0 Å². The molecule has 0 bridgehead atoms. The van der Waals surface area contributed by atoms with Crippen LogP contribution in [0.5, 0.6) is 5.75 Å². The van der Waals surface area contributed by atoms with Crippen molar-refractivity contribution in [1.82, 2.24) is 5.32 Å². The molecule has 4 nitrogen and oxygen atoms in total. The summed E-state index contributed by atoms with van der Waals surface area (Å²) in [5.74, 6) is 0.875. The minimum atomic E-state index is -0.317. The topological polar surface area (TPSA) is 50.4 Å². The summed E-state index contributed by atoms with van der Waals surface area (Å²) in [6.07, 6.45) is 0. The van der Waals surface area contributed by atoms with Crippen LogP contribution in [0.1, 0.15) is 24.2 Å². The molecule has 126 valence electrons. The number of hydrogen-bond donors (Lipinski definition) is 2. The number of amides is 1. The summed E-state index contributed by atoms with van der Waals surface area (Å²) in [5.41, 5.74) is 1.19. The van der Waals surface area contributed by atoms with E-state index in [0.717, 1.165) is 11.4 Å². The maximum Gasteiger partial charge on any atom is 0.257 e. The minimum absolute atomic E-state index is 0.209. The molecule has 2 N–H and O–H groups in total. The highest BCUT2D eigenvalue weighted by Gasteiger charge is 2.08. The van der Waals surface area contributed by atoms with Crippen molar-refractivity contribution in [3.05, 3.63) is 59.1 Å². The van der Waals surface area contributed by atoms with E-state index in [1.165, 1.54) is 0 Å². The van der Waals surface area contributed by atoms with Gasteiger partial charge in [-0.05, 0) is 48.5 Å². The summed E-state index contributed by atoms with van der Waals surface area (Å²) < 4.78 is 5.67. The second kappa shape index (κ2) is 8.66. The molecule has 0 saturated heterocycles. The largest absolute Gasteiger partial charge is 0.493 e. The maximum atomic E-state index is 12.1. The monoisotopic (exact) mass is 362 g/mol. The van der Waals surface area contributed by atoms with E-state index in [9.17, 15) is 4.79 Å². The third kappa shape index (κ3) is 5.83. The highest BCUT2D eigenvalue weighted by Crippen LogP contribution is 2.18. The minimum Gasteiger partial charge on any atom is -0.493 e. The lowest BCUT2D eigenvalue weighted by atomic mass is 10.2. The van der Waals surface area contributed by atoms with E-state index in [2.05, 4.69) is 24.5 Å². The number of hydrogen-bond acceptors (Lipinski definition) is 3. The van der Waals surface area contributed by atoms with Crippen molar-refractivity contribution in [2.24, 2.45) is 5.92 Å². The third-order valence-electron chi connectivity index (χ3n) is 2.99. The summed E-state index contributed by atoms with van der Waals surface area (Å²) in [4.78, 5) is 12.1. The molecule has 0 unspecified atom stereocenters. The van der Waals surface area contributed by atoms with E-state index in [-0.39, 0.29) is 11.0 Å². The van der Waals surface area contributed by atoms with Crippen molar-refractivity contribution in [1.29, 1.82) is 0 Å². The molecule has 0 spiro atoms. The number of carbonyl (C=O) groups excluding carboxylic acids is 1. The van der Waals surface area contributed by atoms with E-state index in [1.807, 2.05) is 24.3 Å². The van der Waals surface area contributed by atoms with Gasteiger partial charge in [-0.3, -0.25) is 10.1 Å². The van der Waals surface area contributed by atoms with Crippen LogP contribution in [0, 0.1) is 5.92 Å². The van der Waals surface area contributed by atoms with Gasteiger partial charge in [-0.15, -0.1) is 0 Å². The number of carbonyl (C=O) groups is 1. The predicted molar refractivity (Wildman–Crippen MR) is 102 cm³/mol. The molecular weight excluding hydrogens is 344 g/mol. The van der Waals surface area contributed by atoms with Crippen LogP contribution in [-0.2, 0) is 0 Å². The molecule has 0 saturated carbocycles. The standard InChI is InChI=1S/C18H19ClN2O2S/c1-12(2)11-23-16-8-4-7-15(10-16)20-18(24)21-17(22)13-5-3-6-14(19)9-13/h3-10,12H,11H2,1-2H3,(H2,20,21,22,24). The number of benzene rings is 2. The van der Waals surface area contributed by atoms with Gasteiger partial charge in [-0.25, -0.2) is 0 Å². The number of nitrogens with one attached hydrogen (secondary N) is 2. The summed E-state index contributed by atoms with van der Waals surface area (Å²) in [6.45, 7) is 4.81. The molecule has 0 radical (unpaired) electrons. The Kier molecular flexibility index (Phi) is 6.58. The lowest BCUT2D eigenvalue weighted by Crippen LogP contribution is -2.34. The fraction of sp³-hybridized carbons (Fsp3) is 0.222. The van der Waals surface area contributed by atoms with Gasteiger partial charge in [-0.1, -0.05) is 37.6 Å². The van der Waals surface area contributed by atoms with E-state index < -0.39 is 0 Å². The molecular formula is C18H19ClN2O2S. The number of rotatable bonds is 5. The van der Waals surface area contributed by atoms with Crippen molar-refractivity contribution in [2.45, 2.75) is 13.8 Å². The highest BCUT2D eigenvalue weighted by molar-refractivity contribution is 7.80. The Morgan fingerprint density at radius 2 is 1.96 bits per heavy atom. The second-order valence-corrected chi connectivity index (χ2v) is 6.50. The molecule has 1 amide bonds. The zero-order valence-corrected chi connectivity index (χ0v) is 15.1. The van der Waals surface area contributed by atoms with Crippen LogP contribution in [0.15, 0.2) is 48.5 Å². The molecule has 0 atom stereocenters. The maximum absolute atomic E-state index is 12.1. The molecule has 0 fully saturated rings. The first-order valence-electron chi connectivity index (χ1n) is 7.55. The average molecular weight is 363 g/mol. The number of thiocarbonyl (C=S) groups is 1. The zero-order valence-electron chi connectivity index (χ0n) is 13.5. The van der Waals surface area contributed by atoms with Gasteiger partial charge in [0.25, 0.3) is 5.91 Å². The van der Waals surface area contributed by atoms with E-state index in [4.69, 9.17) is 28.6 Å². The van der Waals surface area contributed by atoms with Gasteiger partial charge in [0.15, 0.2) is 5.11 Å². The normalized spacial score (nSPS) is 10.3. The van der Waals surface area contributed by atoms with Gasteiger partial charge in [0.05, 0.1) is 6.61 Å². The molecule has 2 aromatic rings. The fourth-order valence-corrected chi connectivity index (χ4v) is 2.29. The van der Waals surface area contributed by atoms with Crippen LogP contribution >= 0.6 is 23.8 Å². The first kappa shape index (κ1) is 18.2. The molecule has 0 aliphatic carbocycles. The van der Waals surface area contributed by atoms with E-state index >= 15 is 0 Å². The fourth-order valence-electron chi connectivity index (χ4n) is 1.89. The summed E-state index contributed by atoms with van der Waals surface area (Å²) in [7, 11) is 0. The van der Waals surface area contributed by atoms with E-state index in [1.54, 1.807) is 24.3 Å². The van der Waals surface area contributed by atoms with Crippen molar-refractivity contribution in [3.8, 4) is 5.75 Å². The first-order chi connectivity index (χ1) is 11.4. The Morgan fingerprint density at radius 1 is 1.21 bits per heavy atom. The van der Waals surface area contributed by atoms with Gasteiger partial charge >= 0.3 is 0 Å². The van der Waals surface area contributed by atoms with Crippen LogP contribution in [-0.4, -0.2) is 17.6 Å². The van der Waals surface area contributed by atoms with Crippen LogP contribution in [0.2, 0.25) is 5.02 Å². The predicted octanol–water partition coefficient (Wildman–Crippen LogP) is 4.50. The van der Waals surface area contributed by atoms with Gasteiger partial charge in [-0.2, -0.15) is 0 Å². The van der Waals surface area contributed by atoms with Crippen LogP contribution in [0.4, 0.5) is 5.69 Å². The lowest BCUT2D eigenvalue weighted by Gasteiger charge is -2.12. The van der Waals surface area contributed by atoms with Gasteiger partial charge in [0.2, 0.25) is 0 Å². The van der Waals surface area contributed by atoms with Gasteiger partial charge < -0.3 is 10.1 Å². The van der Waals surface area contributed by atoms with Crippen LogP contribution in [0.25, 0.3) is 0 Å².